The molecule has 32 heavy (non-hydrogen) atoms. The number of carbonyl (C=O) groups excluding carboxylic acids is 1. The number of benzene rings is 1. The Kier molecular flexibility index (Phi) is 6.27. The quantitative estimate of drug-likeness (QED) is 0.366. The summed E-state index contributed by atoms with van der Waals surface area (Å²) in [6.07, 6.45) is 1.56. The zero-order chi connectivity index (χ0) is 23.2. The molecule has 3 heterocycles. The lowest BCUT2D eigenvalue weighted by molar-refractivity contribution is 0.101. The van der Waals surface area contributed by atoms with Gasteiger partial charge < -0.3 is 10.4 Å². The highest BCUT2D eigenvalue weighted by Crippen LogP contribution is 2.34. The van der Waals surface area contributed by atoms with E-state index in [2.05, 4.69) is 73.2 Å². The average molecular weight is 646 g/mol. The molecule has 0 saturated carbocycles. The molecule has 1 amide bonds. The maximum atomic E-state index is 13.3. The summed E-state index contributed by atoms with van der Waals surface area (Å²) in [5.74, 6) is 0.0525. The van der Waals surface area contributed by atoms with Gasteiger partial charge in [-0.3, -0.25) is 4.79 Å². The summed E-state index contributed by atoms with van der Waals surface area (Å²) in [6, 6.07) is 8.46. The number of amides is 1. The summed E-state index contributed by atoms with van der Waals surface area (Å²) < 4.78 is 3.13. The highest BCUT2D eigenvalue weighted by atomic mass is 79.9. The molecule has 1 aliphatic heterocycles. The van der Waals surface area contributed by atoms with Crippen molar-refractivity contribution in [2.45, 2.75) is 19.4 Å². The fourth-order valence-corrected chi connectivity index (χ4v) is 4.86. The number of carbonyl (C=O) groups is 1. The van der Waals surface area contributed by atoms with Gasteiger partial charge in [-0.2, -0.15) is 10.1 Å². The molecular weight excluding hydrogens is 631 g/mol. The maximum Gasteiger partial charge on any atom is 0.274 e. The predicted octanol–water partition coefficient (Wildman–Crippen LogP) is 5.96. The summed E-state index contributed by atoms with van der Waals surface area (Å²) >= 11 is 16.5. The lowest BCUT2D eigenvalue weighted by Crippen LogP contribution is -2.25. The topological polar surface area (TPSA) is 105 Å². The van der Waals surface area contributed by atoms with Crippen molar-refractivity contribution in [2.24, 2.45) is 9.98 Å². The van der Waals surface area contributed by atoms with Crippen molar-refractivity contribution in [1.29, 1.82) is 0 Å². The molecule has 2 N–H and O–H groups in total. The largest absolute Gasteiger partial charge is 0.495 e. The first-order valence-electron chi connectivity index (χ1n) is 9.12. The Balaban J connectivity index is 1.78. The molecule has 0 bridgehead atoms. The lowest BCUT2D eigenvalue weighted by Gasteiger charge is -2.14. The number of rotatable bonds is 4. The number of halogens is 4. The van der Waals surface area contributed by atoms with Crippen LogP contribution >= 0.6 is 59.4 Å². The first-order valence-corrected chi connectivity index (χ1v) is 11.9. The molecular formula is C20H14Br3ClN6O2. The van der Waals surface area contributed by atoms with Gasteiger partial charge in [0.2, 0.25) is 5.90 Å². The van der Waals surface area contributed by atoms with Gasteiger partial charge >= 0.3 is 0 Å². The van der Waals surface area contributed by atoms with E-state index in [-0.39, 0.29) is 11.6 Å². The van der Waals surface area contributed by atoms with E-state index in [4.69, 9.17) is 11.6 Å². The van der Waals surface area contributed by atoms with Gasteiger partial charge in [0, 0.05) is 26.8 Å². The average Bonchev–Trinajstić information content (AvgIpc) is 3.23. The summed E-state index contributed by atoms with van der Waals surface area (Å²) in [4.78, 5) is 26.2. The maximum absolute atomic E-state index is 13.3. The van der Waals surface area contributed by atoms with Crippen LogP contribution in [0.3, 0.4) is 0 Å². The summed E-state index contributed by atoms with van der Waals surface area (Å²) in [6.45, 7) is 3.49. The van der Waals surface area contributed by atoms with Crippen molar-refractivity contribution in [1.82, 2.24) is 14.8 Å². The van der Waals surface area contributed by atoms with Gasteiger partial charge in [0.1, 0.15) is 15.8 Å². The molecule has 0 radical (unpaired) electrons. The number of aliphatic imine (C=N–C) groups is 2. The molecule has 0 atom stereocenters. The molecule has 0 unspecified atom stereocenters. The molecule has 8 nitrogen and oxygen atoms in total. The van der Waals surface area contributed by atoms with Crippen LogP contribution in [0.4, 0.5) is 5.69 Å². The van der Waals surface area contributed by atoms with Crippen LogP contribution in [-0.2, 0) is 0 Å². The molecule has 0 saturated heterocycles. The van der Waals surface area contributed by atoms with E-state index >= 15 is 0 Å². The van der Waals surface area contributed by atoms with Crippen molar-refractivity contribution in [3.05, 3.63) is 66.4 Å². The SMILES string of the molecule is CC1(C)N=C(c2cc(Br)cc(Br)c2NC(=O)c2cc(Br)nn2-c2ncccc2Cl)N=C1O. The third kappa shape index (κ3) is 4.39. The number of amidine groups is 1. The van der Waals surface area contributed by atoms with Crippen molar-refractivity contribution < 1.29 is 9.90 Å². The molecule has 4 rings (SSSR count). The van der Waals surface area contributed by atoms with Crippen molar-refractivity contribution in [3.8, 4) is 5.82 Å². The van der Waals surface area contributed by atoms with Crippen LogP contribution in [0.25, 0.3) is 5.82 Å². The molecule has 12 heteroatoms. The molecule has 2 aromatic heterocycles. The smallest absolute Gasteiger partial charge is 0.274 e. The Morgan fingerprint density at radius 3 is 2.62 bits per heavy atom. The van der Waals surface area contributed by atoms with Crippen LogP contribution in [-0.4, -0.2) is 43.1 Å². The van der Waals surface area contributed by atoms with Gasteiger partial charge in [-0.1, -0.05) is 27.5 Å². The number of hydrogen-bond donors (Lipinski definition) is 2. The first-order chi connectivity index (χ1) is 15.1. The van der Waals surface area contributed by atoms with Gasteiger partial charge in [0.15, 0.2) is 11.7 Å². The predicted molar refractivity (Wildman–Crippen MR) is 135 cm³/mol. The second-order valence-corrected chi connectivity index (χ2v) is 10.3. The number of aliphatic hydroxyl groups is 1. The fourth-order valence-electron chi connectivity index (χ4n) is 2.96. The van der Waals surface area contributed by atoms with Gasteiger partial charge in [0.25, 0.3) is 5.91 Å². The standard InChI is InChI=1S/C20H14Br3ClN6O2/c1-20(2)19(32)27-16(28-20)10-6-9(21)7-11(22)15(10)26-18(31)13-8-14(23)29-30(13)17-12(24)4-3-5-25-17/h3-8H,1-2H3,(H,26,31)(H,27,28,32). The third-order valence-electron chi connectivity index (χ3n) is 4.53. The van der Waals surface area contributed by atoms with Crippen molar-refractivity contribution in [3.63, 3.8) is 0 Å². The van der Waals surface area contributed by atoms with Crippen LogP contribution in [0.2, 0.25) is 5.02 Å². The van der Waals surface area contributed by atoms with Crippen LogP contribution in [0.5, 0.6) is 0 Å². The van der Waals surface area contributed by atoms with Gasteiger partial charge in [-0.25, -0.2) is 14.7 Å². The van der Waals surface area contributed by atoms with E-state index in [0.29, 0.717) is 37.0 Å². The zero-order valence-corrected chi connectivity index (χ0v) is 22.1. The van der Waals surface area contributed by atoms with Crippen molar-refractivity contribution in [2.75, 3.05) is 5.32 Å². The Bertz CT molecular complexity index is 1320. The van der Waals surface area contributed by atoms with E-state index in [1.165, 1.54) is 4.68 Å². The van der Waals surface area contributed by atoms with E-state index in [9.17, 15) is 9.90 Å². The Morgan fingerprint density at radius 1 is 1.22 bits per heavy atom. The van der Waals surface area contributed by atoms with Crippen LogP contribution in [0, 0.1) is 0 Å². The molecule has 1 aromatic carbocycles. The molecule has 164 valence electrons. The number of pyridine rings is 1. The van der Waals surface area contributed by atoms with E-state index in [0.717, 1.165) is 4.47 Å². The normalized spacial score (nSPS) is 14.8. The second-order valence-electron chi connectivity index (χ2n) is 7.27. The van der Waals surface area contributed by atoms with Crippen LogP contribution in [0.15, 0.2) is 60.1 Å². The number of hydrogen-bond acceptors (Lipinski definition) is 5. The second kappa shape index (κ2) is 8.69. The number of nitrogens with zero attached hydrogens (tertiary/aromatic N) is 5. The summed E-state index contributed by atoms with van der Waals surface area (Å²) in [7, 11) is 0. The van der Waals surface area contributed by atoms with E-state index in [1.807, 2.05) is 0 Å². The highest BCUT2D eigenvalue weighted by molar-refractivity contribution is 9.11. The van der Waals surface area contributed by atoms with Crippen LogP contribution < -0.4 is 5.32 Å². The van der Waals surface area contributed by atoms with Gasteiger partial charge in [-0.05, 0) is 70.0 Å². The van der Waals surface area contributed by atoms with E-state index < -0.39 is 11.4 Å². The lowest BCUT2D eigenvalue weighted by atomic mass is 10.1. The van der Waals surface area contributed by atoms with Crippen molar-refractivity contribution >= 4 is 82.7 Å². The van der Waals surface area contributed by atoms with Gasteiger partial charge in [-0.15, -0.1) is 0 Å². The Labute approximate surface area is 213 Å². The number of anilines is 1. The Hall–Kier alpha value is -2.08. The minimum atomic E-state index is -0.857. The zero-order valence-electron chi connectivity index (χ0n) is 16.6. The summed E-state index contributed by atoms with van der Waals surface area (Å²) in [5, 5.41) is 17.7. The number of aromatic nitrogens is 3. The van der Waals surface area contributed by atoms with E-state index in [1.54, 1.807) is 50.4 Å². The number of aliphatic hydroxyl groups excluding tert-OH is 1. The fraction of sp³-hybridized carbons (Fsp3) is 0.150. The molecule has 0 fully saturated rings. The molecule has 0 spiro atoms. The molecule has 3 aromatic rings. The summed E-state index contributed by atoms with van der Waals surface area (Å²) in [5.41, 5.74) is 0.308. The number of nitrogens with one attached hydrogen (secondary N) is 1. The van der Waals surface area contributed by atoms with Crippen LogP contribution in [0.1, 0.15) is 29.9 Å². The minimum absolute atomic E-state index is 0.104. The Morgan fingerprint density at radius 2 is 1.97 bits per heavy atom. The highest BCUT2D eigenvalue weighted by Gasteiger charge is 2.32. The monoisotopic (exact) mass is 642 g/mol. The minimum Gasteiger partial charge on any atom is -0.495 e. The first kappa shape index (κ1) is 23.1. The molecule has 0 aliphatic carbocycles. The third-order valence-corrected chi connectivity index (χ3v) is 6.30. The van der Waals surface area contributed by atoms with Gasteiger partial charge in [0.05, 0.1) is 10.7 Å². The molecule has 1 aliphatic rings.